The van der Waals surface area contributed by atoms with Crippen LogP contribution in [-0.4, -0.2) is 47.9 Å². The summed E-state index contributed by atoms with van der Waals surface area (Å²) in [6.45, 7) is 6.46. The lowest BCUT2D eigenvalue weighted by Crippen LogP contribution is -2.46. The van der Waals surface area contributed by atoms with E-state index in [1.807, 2.05) is 44.2 Å². The van der Waals surface area contributed by atoms with Gasteiger partial charge in [-0.25, -0.2) is 4.79 Å². The number of amides is 1. The molecule has 2 atom stereocenters. The molecule has 1 aliphatic rings. The van der Waals surface area contributed by atoms with Gasteiger partial charge in [0.25, 0.3) is 0 Å². The van der Waals surface area contributed by atoms with E-state index in [2.05, 4.69) is 10.2 Å². The first kappa shape index (κ1) is 23.4. The highest BCUT2D eigenvalue weighted by Crippen LogP contribution is 2.30. The minimum absolute atomic E-state index is 0.00256. The number of rotatable bonds is 9. The number of carbonyl (C=O) groups excluding carboxylic acids is 1. The number of nitrogens with zero attached hydrogens (tertiary/aromatic N) is 1. The largest absolute Gasteiger partial charge is 0.489 e. The highest BCUT2D eigenvalue weighted by Gasteiger charge is 2.27. The topological polar surface area (TPSA) is 71.0 Å². The first-order valence-electron chi connectivity index (χ1n) is 10.8. The molecular formula is C24H31ClN2O4. The maximum absolute atomic E-state index is 12.5. The fourth-order valence-corrected chi connectivity index (χ4v) is 3.90. The Bertz CT molecular complexity index is 841. The zero-order valence-corrected chi connectivity index (χ0v) is 18.8. The van der Waals surface area contributed by atoms with Gasteiger partial charge < -0.3 is 24.8 Å². The predicted octanol–water partition coefficient (Wildman–Crippen LogP) is 4.55. The molecule has 1 unspecified atom stereocenters. The van der Waals surface area contributed by atoms with E-state index in [9.17, 15) is 9.90 Å². The van der Waals surface area contributed by atoms with Gasteiger partial charge in [0.1, 0.15) is 18.5 Å². The number of alkyl carbamates (subject to hydrolysis) is 1. The molecule has 1 fully saturated rings. The van der Waals surface area contributed by atoms with Crippen molar-refractivity contribution in [2.24, 2.45) is 0 Å². The van der Waals surface area contributed by atoms with Crippen LogP contribution in [0.15, 0.2) is 48.5 Å². The van der Waals surface area contributed by atoms with E-state index in [-0.39, 0.29) is 12.7 Å². The third-order valence-electron chi connectivity index (χ3n) is 5.21. The average molecular weight is 447 g/mol. The second kappa shape index (κ2) is 11.4. The van der Waals surface area contributed by atoms with Crippen molar-refractivity contribution >= 4 is 17.7 Å². The second-order valence-electron chi connectivity index (χ2n) is 8.12. The van der Waals surface area contributed by atoms with Crippen molar-refractivity contribution in [2.75, 3.05) is 19.6 Å². The van der Waals surface area contributed by atoms with Gasteiger partial charge in [0.05, 0.1) is 17.2 Å². The molecule has 0 aromatic heterocycles. The molecule has 0 spiro atoms. The molecule has 2 N–H and O–H groups in total. The van der Waals surface area contributed by atoms with Crippen molar-refractivity contribution in [3.05, 3.63) is 64.7 Å². The first-order valence-corrected chi connectivity index (χ1v) is 11.1. The number of ether oxygens (including phenoxy) is 2. The Hall–Kier alpha value is -2.28. The lowest BCUT2D eigenvalue weighted by atomic mass is 10.0. The van der Waals surface area contributed by atoms with Gasteiger partial charge in [-0.15, -0.1) is 0 Å². The predicted molar refractivity (Wildman–Crippen MR) is 121 cm³/mol. The van der Waals surface area contributed by atoms with E-state index in [1.165, 1.54) is 0 Å². The quantitative estimate of drug-likeness (QED) is 0.591. The van der Waals surface area contributed by atoms with Crippen LogP contribution in [0.25, 0.3) is 0 Å². The molecule has 0 aliphatic carbocycles. The Morgan fingerprint density at radius 3 is 2.52 bits per heavy atom. The van der Waals surface area contributed by atoms with Crippen LogP contribution in [0.1, 0.15) is 43.9 Å². The molecule has 1 aliphatic heterocycles. The van der Waals surface area contributed by atoms with Gasteiger partial charge in [-0.1, -0.05) is 48.0 Å². The third kappa shape index (κ3) is 7.13. The van der Waals surface area contributed by atoms with Gasteiger partial charge >= 0.3 is 6.09 Å². The summed E-state index contributed by atoms with van der Waals surface area (Å²) in [6.07, 6.45) is 0.744. The molecule has 2 aromatic rings. The third-order valence-corrected chi connectivity index (χ3v) is 5.51. The molecule has 168 valence electrons. The van der Waals surface area contributed by atoms with Crippen molar-refractivity contribution in [2.45, 2.75) is 51.5 Å². The lowest BCUT2D eigenvalue weighted by Gasteiger charge is -2.28. The SMILES string of the molecule is CC(C)Oc1ccc(C(O)[C@@H](CN2CCCC2)NC(=O)OCc2ccccc2)cc1Cl. The monoisotopic (exact) mass is 446 g/mol. The van der Waals surface area contributed by atoms with Crippen LogP contribution in [0.3, 0.4) is 0 Å². The molecule has 0 saturated carbocycles. The summed E-state index contributed by atoms with van der Waals surface area (Å²) in [7, 11) is 0. The van der Waals surface area contributed by atoms with Crippen LogP contribution in [0.2, 0.25) is 5.02 Å². The van der Waals surface area contributed by atoms with Crippen LogP contribution < -0.4 is 10.1 Å². The number of nitrogens with one attached hydrogen (secondary N) is 1. The van der Waals surface area contributed by atoms with Gasteiger partial charge in [-0.3, -0.25) is 0 Å². The number of carbonyl (C=O) groups is 1. The average Bonchev–Trinajstić information content (AvgIpc) is 3.26. The maximum atomic E-state index is 12.5. The molecule has 6 nitrogen and oxygen atoms in total. The van der Waals surface area contributed by atoms with Gasteiger partial charge in [0, 0.05) is 6.54 Å². The standard InChI is InChI=1S/C24H31ClN2O4/c1-17(2)31-22-11-10-19(14-20(22)25)23(28)21(15-27-12-6-7-13-27)26-24(29)30-16-18-8-4-3-5-9-18/h3-5,8-11,14,17,21,23,28H,6-7,12-13,15-16H2,1-2H3,(H,26,29)/t21-,23?/m1/s1. The summed E-state index contributed by atoms with van der Waals surface area (Å²) in [5.74, 6) is 0.568. The van der Waals surface area contributed by atoms with Crippen molar-refractivity contribution in [1.29, 1.82) is 0 Å². The van der Waals surface area contributed by atoms with Crippen molar-refractivity contribution < 1.29 is 19.4 Å². The van der Waals surface area contributed by atoms with E-state index < -0.39 is 18.2 Å². The second-order valence-corrected chi connectivity index (χ2v) is 8.53. The van der Waals surface area contributed by atoms with Crippen LogP contribution in [0.5, 0.6) is 5.75 Å². The van der Waals surface area contributed by atoms with Crippen molar-refractivity contribution in [3.8, 4) is 5.75 Å². The number of hydrogen-bond donors (Lipinski definition) is 2. The van der Waals surface area contributed by atoms with Crippen molar-refractivity contribution in [1.82, 2.24) is 10.2 Å². The fourth-order valence-electron chi connectivity index (χ4n) is 3.67. The first-order chi connectivity index (χ1) is 14.9. The lowest BCUT2D eigenvalue weighted by molar-refractivity contribution is 0.0882. The van der Waals surface area contributed by atoms with Gasteiger partial charge in [-0.05, 0) is 63.0 Å². The normalized spacial score (nSPS) is 16.2. The van der Waals surface area contributed by atoms with Gasteiger partial charge in [-0.2, -0.15) is 0 Å². The number of aliphatic hydroxyl groups is 1. The molecular weight excluding hydrogens is 416 g/mol. The van der Waals surface area contributed by atoms with Gasteiger partial charge in [0.15, 0.2) is 0 Å². The molecule has 7 heteroatoms. The Balaban J connectivity index is 1.68. The van der Waals surface area contributed by atoms with Gasteiger partial charge in [0.2, 0.25) is 0 Å². The Morgan fingerprint density at radius 2 is 1.87 bits per heavy atom. The zero-order valence-electron chi connectivity index (χ0n) is 18.1. The fraction of sp³-hybridized carbons (Fsp3) is 0.458. The van der Waals surface area contributed by atoms with E-state index in [4.69, 9.17) is 21.1 Å². The molecule has 0 radical (unpaired) electrons. The minimum Gasteiger partial charge on any atom is -0.489 e. The highest BCUT2D eigenvalue weighted by molar-refractivity contribution is 6.32. The number of benzene rings is 2. The number of halogens is 1. The van der Waals surface area contributed by atoms with E-state index >= 15 is 0 Å². The van der Waals surface area contributed by atoms with E-state index in [1.54, 1.807) is 18.2 Å². The smallest absolute Gasteiger partial charge is 0.407 e. The Kier molecular flexibility index (Phi) is 8.58. The Morgan fingerprint density at radius 1 is 1.16 bits per heavy atom. The highest BCUT2D eigenvalue weighted by atomic mass is 35.5. The van der Waals surface area contributed by atoms with E-state index in [0.29, 0.717) is 22.9 Å². The summed E-state index contributed by atoms with van der Waals surface area (Å²) < 4.78 is 11.0. The van der Waals surface area contributed by atoms with Crippen LogP contribution in [0, 0.1) is 0 Å². The molecule has 1 saturated heterocycles. The number of hydrogen-bond acceptors (Lipinski definition) is 5. The summed E-state index contributed by atoms with van der Waals surface area (Å²) in [5.41, 5.74) is 1.52. The number of likely N-dealkylation sites (tertiary alicyclic amines) is 1. The number of aliphatic hydroxyl groups excluding tert-OH is 1. The molecule has 0 bridgehead atoms. The Labute approximate surface area is 189 Å². The van der Waals surface area contributed by atoms with Crippen LogP contribution >= 0.6 is 11.6 Å². The maximum Gasteiger partial charge on any atom is 0.407 e. The summed E-state index contributed by atoms with van der Waals surface area (Å²) >= 11 is 6.36. The molecule has 2 aromatic carbocycles. The van der Waals surface area contributed by atoms with Crippen molar-refractivity contribution in [3.63, 3.8) is 0 Å². The molecule has 3 rings (SSSR count). The van der Waals surface area contributed by atoms with E-state index in [0.717, 1.165) is 31.5 Å². The zero-order chi connectivity index (χ0) is 22.2. The van der Waals surface area contributed by atoms with Crippen LogP contribution in [-0.2, 0) is 11.3 Å². The molecule has 1 heterocycles. The minimum atomic E-state index is -0.935. The summed E-state index contributed by atoms with van der Waals surface area (Å²) in [4.78, 5) is 14.7. The molecule has 31 heavy (non-hydrogen) atoms. The summed E-state index contributed by atoms with van der Waals surface area (Å²) in [5, 5.41) is 14.4. The molecule has 1 amide bonds. The summed E-state index contributed by atoms with van der Waals surface area (Å²) in [6, 6.07) is 14.2. The van der Waals surface area contributed by atoms with Crippen LogP contribution in [0.4, 0.5) is 4.79 Å².